The van der Waals surface area contributed by atoms with Crippen molar-refractivity contribution in [2.45, 2.75) is 6.54 Å². The van der Waals surface area contributed by atoms with E-state index in [9.17, 15) is 14.5 Å². The highest BCUT2D eigenvalue weighted by Gasteiger charge is 2.17. The van der Waals surface area contributed by atoms with Gasteiger partial charge < -0.3 is 5.32 Å². The maximum absolute atomic E-state index is 13.5. The van der Waals surface area contributed by atoms with E-state index in [0.717, 1.165) is 16.1 Å². The Morgan fingerprint density at radius 2 is 2.05 bits per heavy atom. The van der Waals surface area contributed by atoms with Crippen LogP contribution in [0.3, 0.4) is 0 Å². The molecule has 4 nitrogen and oxygen atoms in total. The average molecular weight is 451 g/mol. The molecule has 2 aromatic rings. The highest BCUT2D eigenvalue weighted by molar-refractivity contribution is 14.1. The van der Waals surface area contributed by atoms with Crippen LogP contribution in [-0.4, -0.2) is 4.92 Å². The van der Waals surface area contributed by atoms with E-state index in [0.29, 0.717) is 6.54 Å². The van der Waals surface area contributed by atoms with Gasteiger partial charge in [0, 0.05) is 23.2 Å². The van der Waals surface area contributed by atoms with Crippen molar-refractivity contribution in [3.8, 4) is 0 Å². The fourth-order valence-corrected chi connectivity index (χ4v) is 2.54. The maximum atomic E-state index is 13.5. The molecule has 1 N–H and O–H groups in total. The predicted molar refractivity (Wildman–Crippen MR) is 87.2 cm³/mol. The van der Waals surface area contributed by atoms with Crippen LogP contribution in [0.5, 0.6) is 0 Å². The summed E-state index contributed by atoms with van der Waals surface area (Å²) in [5, 5.41) is 13.9. The molecule has 7 heteroatoms. The predicted octanol–water partition coefficient (Wildman–Crippen LogP) is 4.71. The second-order valence-corrected chi connectivity index (χ2v) is 6.00. The molecule has 0 radical (unpaired) electrons. The van der Waals surface area contributed by atoms with E-state index >= 15 is 0 Å². The van der Waals surface area contributed by atoms with Gasteiger partial charge in [0.25, 0.3) is 5.69 Å². The number of hydrogen-bond donors (Lipinski definition) is 1. The molecule has 0 saturated carbocycles. The van der Waals surface area contributed by atoms with Gasteiger partial charge in [0.15, 0.2) is 0 Å². The Balaban J connectivity index is 2.27. The number of halogens is 3. The molecule has 0 aliphatic carbocycles. The molecule has 0 bridgehead atoms. The lowest BCUT2D eigenvalue weighted by Gasteiger charge is -2.09. The fraction of sp³-hybridized carbons (Fsp3) is 0.0769. The summed E-state index contributed by atoms with van der Waals surface area (Å²) >= 11 is 5.12. The Hall–Kier alpha value is -1.22. The number of benzene rings is 2. The summed E-state index contributed by atoms with van der Waals surface area (Å²) in [5.74, 6) is -0.481. The van der Waals surface area contributed by atoms with Crippen LogP contribution in [0.2, 0.25) is 0 Å². The summed E-state index contributed by atoms with van der Waals surface area (Å²) in [6.07, 6.45) is 0. The first-order valence-corrected chi connectivity index (χ1v) is 7.47. The van der Waals surface area contributed by atoms with Gasteiger partial charge in [-0.1, -0.05) is 34.1 Å². The summed E-state index contributed by atoms with van der Waals surface area (Å²) in [5.41, 5.74) is 0.965. The van der Waals surface area contributed by atoms with Crippen molar-refractivity contribution < 1.29 is 9.31 Å². The van der Waals surface area contributed by atoms with Crippen molar-refractivity contribution in [1.29, 1.82) is 0 Å². The molecule has 0 amide bonds. The molecule has 0 heterocycles. The van der Waals surface area contributed by atoms with Crippen LogP contribution < -0.4 is 5.32 Å². The third-order valence-corrected chi connectivity index (χ3v) is 4.26. The lowest BCUT2D eigenvalue weighted by atomic mass is 10.2. The molecular weight excluding hydrogens is 442 g/mol. The summed E-state index contributed by atoms with van der Waals surface area (Å²) in [4.78, 5) is 10.5. The normalized spacial score (nSPS) is 10.3. The van der Waals surface area contributed by atoms with Crippen LogP contribution in [0.4, 0.5) is 15.8 Å². The van der Waals surface area contributed by atoms with Crippen molar-refractivity contribution in [3.63, 3.8) is 0 Å². The third kappa shape index (κ3) is 3.45. The standard InChI is InChI=1S/C13H9BrFIN2O2/c14-9-4-2-1-3-8(9)7-17-12-5-10(15)11(16)6-13(12)18(19)20/h1-6,17H,7H2. The van der Waals surface area contributed by atoms with Crippen LogP contribution >= 0.6 is 38.5 Å². The Morgan fingerprint density at radius 1 is 1.35 bits per heavy atom. The van der Waals surface area contributed by atoms with Crippen molar-refractivity contribution in [2.75, 3.05) is 5.32 Å². The van der Waals surface area contributed by atoms with Crippen LogP contribution in [0, 0.1) is 19.5 Å². The minimum Gasteiger partial charge on any atom is -0.375 e. The highest BCUT2D eigenvalue weighted by atomic mass is 127. The van der Waals surface area contributed by atoms with Gasteiger partial charge in [0.1, 0.15) is 11.5 Å². The van der Waals surface area contributed by atoms with Gasteiger partial charge in [0.05, 0.1) is 8.49 Å². The molecule has 0 spiro atoms. The van der Waals surface area contributed by atoms with E-state index < -0.39 is 10.7 Å². The van der Waals surface area contributed by atoms with E-state index in [1.807, 2.05) is 24.3 Å². The van der Waals surface area contributed by atoms with Gasteiger partial charge in [-0.05, 0) is 34.2 Å². The first-order valence-electron chi connectivity index (χ1n) is 5.59. The summed E-state index contributed by atoms with van der Waals surface area (Å²) in [7, 11) is 0. The summed E-state index contributed by atoms with van der Waals surface area (Å²) in [6.45, 7) is 0.363. The number of hydrogen-bond acceptors (Lipinski definition) is 3. The van der Waals surface area contributed by atoms with Crippen LogP contribution in [0.15, 0.2) is 40.9 Å². The van der Waals surface area contributed by atoms with Crippen molar-refractivity contribution >= 4 is 49.9 Å². The highest BCUT2D eigenvalue weighted by Crippen LogP contribution is 2.29. The second kappa shape index (κ2) is 6.49. The smallest absolute Gasteiger partial charge is 0.293 e. The van der Waals surface area contributed by atoms with Gasteiger partial charge >= 0.3 is 0 Å². The lowest BCUT2D eigenvalue weighted by molar-refractivity contribution is -0.384. The Labute approximate surface area is 136 Å². The van der Waals surface area contributed by atoms with Crippen LogP contribution in [-0.2, 0) is 6.54 Å². The number of anilines is 1. The zero-order valence-corrected chi connectivity index (χ0v) is 13.8. The quantitative estimate of drug-likeness (QED) is 0.417. The van der Waals surface area contributed by atoms with E-state index in [-0.39, 0.29) is 14.9 Å². The molecule has 104 valence electrons. The number of nitro groups is 1. The zero-order chi connectivity index (χ0) is 14.7. The molecule has 0 fully saturated rings. The van der Waals surface area contributed by atoms with E-state index in [4.69, 9.17) is 0 Å². The second-order valence-electron chi connectivity index (χ2n) is 3.99. The summed E-state index contributed by atoms with van der Waals surface area (Å²) < 4.78 is 14.7. The molecule has 0 unspecified atom stereocenters. The molecule has 0 saturated heterocycles. The molecule has 0 aliphatic heterocycles. The number of nitrogens with one attached hydrogen (secondary N) is 1. The van der Waals surface area contributed by atoms with Gasteiger partial charge in [-0.25, -0.2) is 4.39 Å². The first kappa shape index (κ1) is 15.2. The Kier molecular flexibility index (Phi) is 4.92. The number of nitrogens with zero attached hydrogens (tertiary/aromatic N) is 1. The minimum absolute atomic E-state index is 0.136. The molecular formula is C13H9BrFIN2O2. The molecule has 20 heavy (non-hydrogen) atoms. The van der Waals surface area contributed by atoms with Gasteiger partial charge in [-0.15, -0.1) is 0 Å². The van der Waals surface area contributed by atoms with E-state index in [1.165, 1.54) is 6.07 Å². The van der Waals surface area contributed by atoms with E-state index in [2.05, 4.69) is 21.2 Å². The Morgan fingerprint density at radius 3 is 2.70 bits per heavy atom. The maximum Gasteiger partial charge on any atom is 0.293 e. The van der Waals surface area contributed by atoms with Gasteiger partial charge in [-0.3, -0.25) is 10.1 Å². The van der Waals surface area contributed by atoms with Crippen molar-refractivity contribution in [2.24, 2.45) is 0 Å². The van der Waals surface area contributed by atoms with Crippen LogP contribution in [0.1, 0.15) is 5.56 Å². The summed E-state index contributed by atoms with van der Waals surface area (Å²) in [6, 6.07) is 9.87. The molecule has 2 aromatic carbocycles. The SMILES string of the molecule is O=[N+]([O-])c1cc(I)c(F)cc1NCc1ccccc1Br. The molecule has 2 rings (SSSR count). The first-order chi connectivity index (χ1) is 9.49. The molecule has 0 atom stereocenters. The van der Waals surface area contributed by atoms with E-state index in [1.54, 1.807) is 22.6 Å². The lowest BCUT2D eigenvalue weighted by Crippen LogP contribution is -2.04. The number of rotatable bonds is 4. The third-order valence-electron chi connectivity index (χ3n) is 2.66. The fourth-order valence-electron chi connectivity index (χ4n) is 1.66. The van der Waals surface area contributed by atoms with Crippen LogP contribution in [0.25, 0.3) is 0 Å². The van der Waals surface area contributed by atoms with Gasteiger partial charge in [0.2, 0.25) is 0 Å². The van der Waals surface area contributed by atoms with Crippen molar-refractivity contribution in [3.05, 3.63) is 65.9 Å². The molecule has 0 aromatic heterocycles. The minimum atomic E-state index is -0.524. The molecule has 0 aliphatic rings. The zero-order valence-electron chi connectivity index (χ0n) is 10.1. The number of nitro benzene ring substituents is 1. The van der Waals surface area contributed by atoms with Crippen molar-refractivity contribution in [1.82, 2.24) is 0 Å². The largest absolute Gasteiger partial charge is 0.375 e. The van der Waals surface area contributed by atoms with Gasteiger partial charge in [-0.2, -0.15) is 0 Å². The average Bonchev–Trinajstić information content (AvgIpc) is 2.41. The topological polar surface area (TPSA) is 55.2 Å². The monoisotopic (exact) mass is 450 g/mol. The Bertz CT molecular complexity index is 667.